The second kappa shape index (κ2) is 11.7. The molecule has 3 aromatic rings. The van der Waals surface area contributed by atoms with E-state index >= 15 is 0 Å². The van der Waals surface area contributed by atoms with Gasteiger partial charge in [-0.1, -0.05) is 11.6 Å². The standard InChI is InChI=1S/C25H28ClFN4O5/c1-35-22-12-21-18(25(29-14-28-21)30-15-4-5-20(27)19(26)8-15)11-23(22)36-13-17(33)9-16(32)10-24(34)31-6-2-3-7-31/h4-5,8,11-12,14,16-17,32-33H,2-3,6-7,9-10,13H2,1H3,(H,28,29,30). The van der Waals surface area contributed by atoms with Crippen LogP contribution < -0.4 is 14.8 Å². The average Bonchev–Trinajstić information content (AvgIpc) is 3.40. The first-order chi connectivity index (χ1) is 17.3. The third-order valence-electron chi connectivity index (χ3n) is 5.95. The van der Waals surface area contributed by atoms with Gasteiger partial charge in [-0.2, -0.15) is 0 Å². The van der Waals surface area contributed by atoms with Crippen molar-refractivity contribution in [2.75, 3.05) is 32.1 Å². The van der Waals surface area contributed by atoms with Crippen molar-refractivity contribution in [3.63, 3.8) is 0 Å². The van der Waals surface area contributed by atoms with Crippen LogP contribution in [0, 0.1) is 5.82 Å². The fraction of sp³-hybridized carbons (Fsp3) is 0.400. The van der Waals surface area contributed by atoms with Crippen LogP contribution in [0.25, 0.3) is 10.9 Å². The minimum atomic E-state index is -1.00. The predicted molar refractivity (Wildman–Crippen MR) is 133 cm³/mol. The molecule has 0 saturated carbocycles. The fourth-order valence-corrected chi connectivity index (χ4v) is 4.28. The highest BCUT2D eigenvalue weighted by Gasteiger charge is 2.23. The summed E-state index contributed by atoms with van der Waals surface area (Å²) in [6.07, 6.45) is 1.33. The van der Waals surface area contributed by atoms with Crippen LogP contribution in [0.5, 0.6) is 11.5 Å². The molecule has 1 saturated heterocycles. The normalized spacial score (nSPS) is 15.1. The van der Waals surface area contributed by atoms with Gasteiger partial charge < -0.3 is 29.9 Å². The molecule has 2 unspecified atom stereocenters. The number of benzene rings is 2. The Bertz CT molecular complexity index is 1220. The lowest BCUT2D eigenvalue weighted by atomic mass is 10.1. The number of aromatic nitrogens is 2. The number of carbonyl (C=O) groups excluding carboxylic acids is 1. The maximum atomic E-state index is 13.5. The molecular weight excluding hydrogens is 491 g/mol. The summed E-state index contributed by atoms with van der Waals surface area (Å²) in [5.41, 5.74) is 1.11. The molecule has 192 valence electrons. The zero-order valence-electron chi connectivity index (χ0n) is 19.8. The van der Waals surface area contributed by atoms with E-state index in [1.807, 2.05) is 0 Å². The summed E-state index contributed by atoms with van der Waals surface area (Å²) in [6.45, 7) is 1.31. The topological polar surface area (TPSA) is 117 Å². The Labute approximate surface area is 212 Å². The van der Waals surface area contributed by atoms with Gasteiger partial charge >= 0.3 is 0 Å². The molecule has 4 rings (SSSR count). The molecule has 2 heterocycles. The quantitative estimate of drug-likeness (QED) is 0.372. The zero-order chi connectivity index (χ0) is 25.7. The second-order valence-corrected chi connectivity index (χ2v) is 9.05. The SMILES string of the molecule is COc1cc2ncnc(Nc3ccc(F)c(Cl)c3)c2cc1OCC(O)CC(O)CC(=O)N1CCCC1. The van der Waals surface area contributed by atoms with Crippen LogP contribution in [0.2, 0.25) is 5.02 Å². The third kappa shape index (κ3) is 6.31. The molecule has 1 aliphatic heterocycles. The highest BCUT2D eigenvalue weighted by atomic mass is 35.5. The van der Waals surface area contributed by atoms with E-state index in [0.29, 0.717) is 47.0 Å². The average molecular weight is 519 g/mol. The van der Waals surface area contributed by atoms with Crippen molar-refractivity contribution < 1.29 is 28.9 Å². The number of aliphatic hydroxyl groups is 2. The Morgan fingerprint density at radius 2 is 1.94 bits per heavy atom. The number of rotatable bonds is 10. The molecule has 0 spiro atoms. The number of carbonyl (C=O) groups is 1. The summed E-state index contributed by atoms with van der Waals surface area (Å²) in [4.78, 5) is 22.5. The first-order valence-corrected chi connectivity index (χ1v) is 12.0. The van der Waals surface area contributed by atoms with Gasteiger partial charge in [0.05, 0.1) is 36.3 Å². The molecule has 9 nitrogen and oxygen atoms in total. The van der Waals surface area contributed by atoms with Gasteiger partial charge in [0.15, 0.2) is 11.5 Å². The number of ether oxygens (including phenoxy) is 2. The van der Waals surface area contributed by atoms with E-state index in [0.717, 1.165) is 12.8 Å². The Morgan fingerprint density at radius 3 is 2.67 bits per heavy atom. The van der Waals surface area contributed by atoms with Gasteiger partial charge in [-0.05, 0) is 37.1 Å². The number of amides is 1. The van der Waals surface area contributed by atoms with Gasteiger partial charge in [-0.3, -0.25) is 4.79 Å². The van der Waals surface area contributed by atoms with Crippen LogP contribution in [0.15, 0.2) is 36.7 Å². The monoisotopic (exact) mass is 518 g/mol. The summed E-state index contributed by atoms with van der Waals surface area (Å²) in [6, 6.07) is 7.57. The van der Waals surface area contributed by atoms with Gasteiger partial charge in [-0.15, -0.1) is 0 Å². The molecule has 11 heteroatoms. The van der Waals surface area contributed by atoms with Crippen LogP contribution in [-0.2, 0) is 4.79 Å². The lowest BCUT2D eigenvalue weighted by Crippen LogP contribution is -2.32. The fourth-order valence-electron chi connectivity index (χ4n) is 4.10. The minimum absolute atomic E-state index is 0.00325. The second-order valence-electron chi connectivity index (χ2n) is 8.64. The molecule has 1 aromatic heterocycles. The largest absolute Gasteiger partial charge is 0.493 e. The number of aliphatic hydroxyl groups excluding tert-OH is 2. The molecule has 1 fully saturated rings. The molecule has 2 atom stereocenters. The zero-order valence-corrected chi connectivity index (χ0v) is 20.5. The van der Waals surface area contributed by atoms with Crippen LogP contribution in [0.3, 0.4) is 0 Å². The molecule has 2 aromatic carbocycles. The summed E-state index contributed by atoms with van der Waals surface area (Å²) in [5.74, 6) is 0.535. The van der Waals surface area contributed by atoms with Crippen molar-refractivity contribution in [1.82, 2.24) is 14.9 Å². The number of likely N-dealkylation sites (tertiary alicyclic amines) is 1. The molecule has 0 radical (unpaired) electrons. The van der Waals surface area contributed by atoms with Crippen molar-refractivity contribution in [2.45, 2.75) is 37.9 Å². The molecule has 0 aliphatic carbocycles. The van der Waals surface area contributed by atoms with Crippen molar-refractivity contribution in [1.29, 1.82) is 0 Å². The van der Waals surface area contributed by atoms with E-state index in [-0.39, 0.29) is 30.4 Å². The summed E-state index contributed by atoms with van der Waals surface area (Å²) >= 11 is 5.88. The summed E-state index contributed by atoms with van der Waals surface area (Å²) in [7, 11) is 1.49. The van der Waals surface area contributed by atoms with Crippen LogP contribution in [0.1, 0.15) is 25.7 Å². The number of anilines is 2. The predicted octanol–water partition coefficient (Wildman–Crippen LogP) is 3.68. The smallest absolute Gasteiger partial charge is 0.225 e. The van der Waals surface area contributed by atoms with E-state index in [1.165, 1.54) is 31.6 Å². The number of methoxy groups -OCH3 is 1. The summed E-state index contributed by atoms with van der Waals surface area (Å²) in [5, 5.41) is 24.3. The maximum absolute atomic E-state index is 13.5. The van der Waals surface area contributed by atoms with E-state index < -0.39 is 18.0 Å². The summed E-state index contributed by atoms with van der Waals surface area (Å²) < 4.78 is 24.7. The number of nitrogens with one attached hydrogen (secondary N) is 1. The maximum Gasteiger partial charge on any atom is 0.225 e. The van der Waals surface area contributed by atoms with Crippen molar-refractivity contribution in [2.24, 2.45) is 0 Å². The highest BCUT2D eigenvalue weighted by molar-refractivity contribution is 6.31. The van der Waals surface area contributed by atoms with Gasteiger partial charge in [0.2, 0.25) is 5.91 Å². The Balaban J connectivity index is 1.44. The number of hydrogen-bond donors (Lipinski definition) is 3. The molecule has 1 amide bonds. The van der Waals surface area contributed by atoms with Gasteiger partial charge in [-0.25, -0.2) is 14.4 Å². The van der Waals surface area contributed by atoms with Crippen LogP contribution in [0.4, 0.5) is 15.9 Å². The molecule has 0 bridgehead atoms. The van der Waals surface area contributed by atoms with Crippen molar-refractivity contribution >= 4 is 39.9 Å². The van der Waals surface area contributed by atoms with Gasteiger partial charge in [0, 0.05) is 36.7 Å². The van der Waals surface area contributed by atoms with E-state index in [2.05, 4.69) is 15.3 Å². The van der Waals surface area contributed by atoms with E-state index in [1.54, 1.807) is 17.0 Å². The Hall–Kier alpha value is -3.21. The highest BCUT2D eigenvalue weighted by Crippen LogP contribution is 2.35. The third-order valence-corrected chi connectivity index (χ3v) is 6.24. The number of nitrogens with zero attached hydrogens (tertiary/aromatic N) is 3. The molecule has 1 aliphatic rings. The Morgan fingerprint density at radius 1 is 1.17 bits per heavy atom. The lowest BCUT2D eigenvalue weighted by Gasteiger charge is -2.20. The van der Waals surface area contributed by atoms with E-state index in [4.69, 9.17) is 21.1 Å². The number of fused-ring (bicyclic) bond motifs is 1. The lowest BCUT2D eigenvalue weighted by molar-refractivity contribution is -0.132. The molecular formula is C25H28ClFN4O5. The minimum Gasteiger partial charge on any atom is -0.493 e. The molecule has 36 heavy (non-hydrogen) atoms. The molecule has 3 N–H and O–H groups in total. The Kier molecular flexibility index (Phi) is 8.40. The van der Waals surface area contributed by atoms with Crippen LogP contribution in [-0.4, -0.2) is 70.0 Å². The van der Waals surface area contributed by atoms with E-state index in [9.17, 15) is 19.4 Å². The van der Waals surface area contributed by atoms with Crippen molar-refractivity contribution in [3.8, 4) is 11.5 Å². The van der Waals surface area contributed by atoms with Crippen molar-refractivity contribution in [3.05, 3.63) is 47.5 Å². The first kappa shape index (κ1) is 25.9. The first-order valence-electron chi connectivity index (χ1n) is 11.7. The van der Waals surface area contributed by atoms with Gasteiger partial charge in [0.1, 0.15) is 24.6 Å². The number of halogens is 2. The van der Waals surface area contributed by atoms with Gasteiger partial charge in [0.25, 0.3) is 0 Å². The van der Waals surface area contributed by atoms with Crippen LogP contribution >= 0.6 is 11.6 Å². The number of hydrogen-bond acceptors (Lipinski definition) is 8.